The normalized spacial score (nSPS) is 14.7. The van der Waals surface area contributed by atoms with Crippen molar-refractivity contribution in [3.63, 3.8) is 0 Å². The number of carbonyl (C=O) groups excluding carboxylic acids is 1. The van der Waals surface area contributed by atoms with Gasteiger partial charge in [0.15, 0.2) is 0 Å². The predicted molar refractivity (Wildman–Crippen MR) is 63.8 cm³/mol. The smallest absolute Gasteiger partial charge is 0.239 e. The second-order valence-corrected chi connectivity index (χ2v) is 4.62. The molecule has 0 radical (unpaired) electrons. The Balaban J connectivity index is 1.76. The summed E-state index contributed by atoms with van der Waals surface area (Å²) in [5, 5.41) is 6.00. The van der Waals surface area contributed by atoms with Gasteiger partial charge in [-0.15, -0.1) is 0 Å². The summed E-state index contributed by atoms with van der Waals surface area (Å²) >= 11 is 3.36. The van der Waals surface area contributed by atoms with Gasteiger partial charge in [-0.2, -0.15) is 0 Å². The third-order valence-electron chi connectivity index (χ3n) is 2.24. The average molecular weight is 269 g/mol. The van der Waals surface area contributed by atoms with Crippen LogP contribution in [0.3, 0.4) is 0 Å². The van der Waals surface area contributed by atoms with Crippen LogP contribution >= 0.6 is 15.9 Å². The molecular formula is C11H13BrN2O. The van der Waals surface area contributed by atoms with Crippen LogP contribution in [0.25, 0.3) is 0 Å². The zero-order chi connectivity index (χ0) is 10.7. The quantitative estimate of drug-likeness (QED) is 0.879. The van der Waals surface area contributed by atoms with E-state index in [9.17, 15) is 4.79 Å². The first-order valence-electron chi connectivity index (χ1n) is 5.03. The fourth-order valence-electron chi connectivity index (χ4n) is 1.26. The number of carbonyl (C=O) groups is 1. The summed E-state index contributed by atoms with van der Waals surface area (Å²) in [6.45, 7) is 0.345. The van der Waals surface area contributed by atoms with E-state index in [1.807, 2.05) is 24.3 Å². The highest BCUT2D eigenvalue weighted by atomic mass is 79.9. The summed E-state index contributed by atoms with van der Waals surface area (Å²) in [6, 6.07) is 8.20. The summed E-state index contributed by atoms with van der Waals surface area (Å²) in [5.74, 6) is 0.0698. The Morgan fingerprint density at radius 1 is 1.33 bits per heavy atom. The predicted octanol–water partition coefficient (Wildman–Crippen LogP) is 2.14. The van der Waals surface area contributed by atoms with E-state index in [1.54, 1.807) is 0 Å². The molecule has 1 aliphatic rings. The molecule has 15 heavy (non-hydrogen) atoms. The molecule has 0 heterocycles. The molecule has 1 fully saturated rings. The average Bonchev–Trinajstić information content (AvgIpc) is 3.01. The van der Waals surface area contributed by atoms with Crippen LogP contribution in [0.2, 0.25) is 0 Å². The molecule has 1 aliphatic carbocycles. The molecule has 0 aliphatic heterocycles. The summed E-state index contributed by atoms with van der Waals surface area (Å²) in [4.78, 5) is 11.4. The standard InChI is InChI=1S/C11H13BrN2O/c12-8-1-3-9(4-2-8)13-7-11(15)14-10-5-6-10/h1-4,10,13H,5-7H2,(H,14,15). The van der Waals surface area contributed by atoms with Crippen molar-refractivity contribution in [2.24, 2.45) is 0 Å². The molecule has 1 amide bonds. The Morgan fingerprint density at radius 3 is 2.60 bits per heavy atom. The third kappa shape index (κ3) is 3.55. The van der Waals surface area contributed by atoms with E-state index in [0.717, 1.165) is 23.0 Å². The maximum atomic E-state index is 11.4. The van der Waals surface area contributed by atoms with Gasteiger partial charge in [-0.25, -0.2) is 0 Å². The number of nitrogens with one attached hydrogen (secondary N) is 2. The number of halogens is 1. The third-order valence-corrected chi connectivity index (χ3v) is 2.77. The summed E-state index contributed by atoms with van der Waals surface area (Å²) < 4.78 is 1.04. The van der Waals surface area contributed by atoms with E-state index in [-0.39, 0.29) is 5.91 Å². The molecule has 3 nitrogen and oxygen atoms in total. The fraction of sp³-hybridized carbons (Fsp3) is 0.364. The van der Waals surface area contributed by atoms with E-state index in [4.69, 9.17) is 0 Å². The van der Waals surface area contributed by atoms with Crippen LogP contribution in [0.15, 0.2) is 28.7 Å². The zero-order valence-corrected chi connectivity index (χ0v) is 9.88. The monoisotopic (exact) mass is 268 g/mol. The Morgan fingerprint density at radius 2 is 2.00 bits per heavy atom. The number of rotatable bonds is 4. The number of anilines is 1. The Kier molecular flexibility index (Phi) is 3.26. The van der Waals surface area contributed by atoms with Gasteiger partial charge >= 0.3 is 0 Å². The molecule has 1 saturated carbocycles. The Labute approximate surface area is 97.4 Å². The molecule has 4 heteroatoms. The van der Waals surface area contributed by atoms with Crippen molar-refractivity contribution in [1.29, 1.82) is 0 Å². The minimum absolute atomic E-state index is 0.0698. The fourth-order valence-corrected chi connectivity index (χ4v) is 1.52. The molecule has 0 atom stereocenters. The molecule has 0 unspecified atom stereocenters. The SMILES string of the molecule is O=C(CNc1ccc(Br)cc1)NC1CC1. The first kappa shape index (κ1) is 10.5. The molecule has 80 valence electrons. The van der Waals surface area contributed by atoms with E-state index in [1.165, 1.54) is 0 Å². The lowest BCUT2D eigenvalue weighted by atomic mass is 10.3. The van der Waals surface area contributed by atoms with Crippen LogP contribution in [0.4, 0.5) is 5.69 Å². The molecule has 0 aromatic heterocycles. The lowest BCUT2D eigenvalue weighted by Crippen LogP contribution is -2.31. The summed E-state index contributed by atoms with van der Waals surface area (Å²) in [5.41, 5.74) is 0.962. The minimum Gasteiger partial charge on any atom is -0.376 e. The lowest BCUT2D eigenvalue weighted by Gasteiger charge is -2.06. The van der Waals surface area contributed by atoms with E-state index in [0.29, 0.717) is 12.6 Å². The highest BCUT2D eigenvalue weighted by Crippen LogP contribution is 2.18. The van der Waals surface area contributed by atoms with Crippen molar-refractivity contribution in [3.8, 4) is 0 Å². The van der Waals surface area contributed by atoms with E-state index in [2.05, 4.69) is 26.6 Å². The lowest BCUT2D eigenvalue weighted by molar-refractivity contribution is -0.119. The van der Waals surface area contributed by atoms with Crippen molar-refractivity contribution in [2.75, 3.05) is 11.9 Å². The first-order chi connectivity index (χ1) is 7.24. The zero-order valence-electron chi connectivity index (χ0n) is 8.29. The van der Waals surface area contributed by atoms with Gasteiger partial charge in [0.05, 0.1) is 6.54 Å². The maximum Gasteiger partial charge on any atom is 0.239 e. The number of hydrogen-bond donors (Lipinski definition) is 2. The van der Waals surface area contributed by atoms with Crippen molar-refractivity contribution in [3.05, 3.63) is 28.7 Å². The summed E-state index contributed by atoms with van der Waals surface area (Å²) in [6.07, 6.45) is 2.26. The van der Waals surface area contributed by atoms with Gasteiger partial charge in [-0.05, 0) is 37.1 Å². The number of hydrogen-bond acceptors (Lipinski definition) is 2. The van der Waals surface area contributed by atoms with Crippen molar-refractivity contribution in [1.82, 2.24) is 5.32 Å². The largest absolute Gasteiger partial charge is 0.376 e. The second kappa shape index (κ2) is 4.66. The molecule has 2 rings (SSSR count). The van der Waals surface area contributed by atoms with Gasteiger partial charge in [0.2, 0.25) is 5.91 Å². The van der Waals surface area contributed by atoms with Crippen LogP contribution in [-0.2, 0) is 4.79 Å². The van der Waals surface area contributed by atoms with Crippen LogP contribution < -0.4 is 10.6 Å². The Hall–Kier alpha value is -1.03. The maximum absolute atomic E-state index is 11.4. The van der Waals surface area contributed by atoms with Crippen LogP contribution in [0, 0.1) is 0 Å². The number of amides is 1. The molecule has 1 aromatic carbocycles. The molecular weight excluding hydrogens is 256 g/mol. The molecule has 0 saturated heterocycles. The van der Waals surface area contributed by atoms with Crippen molar-refractivity contribution in [2.45, 2.75) is 18.9 Å². The highest BCUT2D eigenvalue weighted by Gasteiger charge is 2.22. The molecule has 0 spiro atoms. The van der Waals surface area contributed by atoms with Gasteiger partial charge in [-0.3, -0.25) is 4.79 Å². The van der Waals surface area contributed by atoms with Crippen molar-refractivity contribution < 1.29 is 4.79 Å². The van der Waals surface area contributed by atoms with Gasteiger partial charge < -0.3 is 10.6 Å². The number of benzene rings is 1. The van der Waals surface area contributed by atoms with Crippen LogP contribution in [0.5, 0.6) is 0 Å². The van der Waals surface area contributed by atoms with Gasteiger partial charge in [0.25, 0.3) is 0 Å². The second-order valence-electron chi connectivity index (χ2n) is 3.70. The topological polar surface area (TPSA) is 41.1 Å². The van der Waals surface area contributed by atoms with Gasteiger partial charge in [0.1, 0.15) is 0 Å². The van der Waals surface area contributed by atoms with Crippen LogP contribution in [-0.4, -0.2) is 18.5 Å². The molecule has 2 N–H and O–H groups in total. The first-order valence-corrected chi connectivity index (χ1v) is 5.82. The Bertz CT molecular complexity index is 346. The summed E-state index contributed by atoms with van der Waals surface area (Å²) in [7, 11) is 0. The highest BCUT2D eigenvalue weighted by molar-refractivity contribution is 9.10. The van der Waals surface area contributed by atoms with E-state index >= 15 is 0 Å². The molecule has 0 bridgehead atoms. The van der Waals surface area contributed by atoms with Gasteiger partial charge in [-0.1, -0.05) is 15.9 Å². The van der Waals surface area contributed by atoms with Gasteiger partial charge in [0, 0.05) is 16.2 Å². The molecule has 1 aromatic rings. The van der Waals surface area contributed by atoms with E-state index < -0.39 is 0 Å². The minimum atomic E-state index is 0.0698. The van der Waals surface area contributed by atoms with Crippen LogP contribution in [0.1, 0.15) is 12.8 Å². The van der Waals surface area contributed by atoms with Crippen molar-refractivity contribution >= 4 is 27.5 Å².